The highest BCUT2D eigenvalue weighted by Crippen LogP contribution is 2.23. The van der Waals surface area contributed by atoms with Crippen molar-refractivity contribution in [1.29, 1.82) is 0 Å². The summed E-state index contributed by atoms with van der Waals surface area (Å²) in [5, 5.41) is 13.0. The van der Waals surface area contributed by atoms with Crippen LogP contribution in [0, 0.1) is 5.41 Å². The first kappa shape index (κ1) is 31.0. The van der Waals surface area contributed by atoms with Crippen LogP contribution < -0.4 is 10.1 Å². The average Bonchev–Trinajstić information content (AvgIpc) is 3.01. The fourth-order valence-electron chi connectivity index (χ4n) is 4.70. The summed E-state index contributed by atoms with van der Waals surface area (Å²) in [7, 11) is 0. The molecule has 2 N–H and O–H groups in total. The van der Waals surface area contributed by atoms with E-state index in [1.54, 1.807) is 60.7 Å². The standard InChI is InChI=1S/C36H38N2O5/c1-36(2,3)35(42)38(25-27-12-6-4-7-13-27)22-23-43-29-20-18-26(19-21-29)24-32(34(40)41)37-31-17-11-10-16-30(31)33(39)28-14-8-5-9-15-28/h4-21,32,37H,22-25H2,1-3H3,(H,40,41)/t32-/m0/s1. The highest BCUT2D eigenvalue weighted by molar-refractivity contribution is 6.12. The van der Waals surface area contributed by atoms with Crippen molar-refractivity contribution >= 4 is 23.3 Å². The second-order valence-electron chi connectivity index (χ2n) is 11.4. The Labute approximate surface area is 253 Å². The molecule has 0 heterocycles. The molecular formula is C36H38N2O5. The van der Waals surface area contributed by atoms with E-state index in [0.29, 0.717) is 42.3 Å². The van der Waals surface area contributed by atoms with Crippen LogP contribution in [0.15, 0.2) is 109 Å². The predicted octanol–water partition coefficient (Wildman–Crippen LogP) is 6.48. The Balaban J connectivity index is 1.38. The van der Waals surface area contributed by atoms with Gasteiger partial charge in [0.1, 0.15) is 18.4 Å². The van der Waals surface area contributed by atoms with Crippen molar-refractivity contribution in [3.8, 4) is 5.75 Å². The smallest absolute Gasteiger partial charge is 0.326 e. The molecule has 7 heteroatoms. The number of ketones is 1. The van der Waals surface area contributed by atoms with Crippen molar-refractivity contribution in [1.82, 2.24) is 4.90 Å². The minimum absolute atomic E-state index is 0.0505. The first-order chi connectivity index (χ1) is 20.6. The molecule has 0 radical (unpaired) electrons. The number of carbonyl (C=O) groups excluding carboxylic acids is 2. The number of hydrogen-bond acceptors (Lipinski definition) is 5. The molecule has 0 aromatic heterocycles. The van der Waals surface area contributed by atoms with Crippen molar-refractivity contribution in [2.75, 3.05) is 18.5 Å². The van der Waals surface area contributed by atoms with Gasteiger partial charge in [-0.2, -0.15) is 0 Å². The van der Waals surface area contributed by atoms with Crippen LogP contribution in [0.4, 0.5) is 5.69 Å². The van der Waals surface area contributed by atoms with E-state index in [0.717, 1.165) is 11.1 Å². The van der Waals surface area contributed by atoms with Crippen LogP contribution >= 0.6 is 0 Å². The minimum Gasteiger partial charge on any atom is -0.492 e. The number of carboxylic acids is 1. The zero-order valence-electron chi connectivity index (χ0n) is 24.8. The van der Waals surface area contributed by atoms with Crippen LogP contribution in [0.1, 0.15) is 47.8 Å². The summed E-state index contributed by atoms with van der Waals surface area (Å²) < 4.78 is 5.96. The van der Waals surface area contributed by atoms with Gasteiger partial charge >= 0.3 is 5.97 Å². The van der Waals surface area contributed by atoms with E-state index >= 15 is 0 Å². The van der Waals surface area contributed by atoms with Gasteiger partial charge < -0.3 is 20.1 Å². The first-order valence-corrected chi connectivity index (χ1v) is 14.3. The number of anilines is 1. The van der Waals surface area contributed by atoms with Gasteiger partial charge in [-0.1, -0.05) is 106 Å². The number of rotatable bonds is 13. The molecule has 1 atom stereocenters. The van der Waals surface area contributed by atoms with E-state index in [-0.39, 0.29) is 18.1 Å². The number of nitrogens with one attached hydrogen (secondary N) is 1. The van der Waals surface area contributed by atoms with E-state index in [1.165, 1.54) is 0 Å². The third kappa shape index (κ3) is 8.79. The van der Waals surface area contributed by atoms with Crippen molar-refractivity contribution in [3.05, 3.63) is 131 Å². The van der Waals surface area contributed by atoms with Gasteiger partial charge in [0, 0.05) is 35.2 Å². The lowest BCUT2D eigenvalue weighted by Gasteiger charge is -2.29. The number of nitrogens with zero attached hydrogens (tertiary/aromatic N) is 1. The third-order valence-corrected chi connectivity index (χ3v) is 6.97. The van der Waals surface area contributed by atoms with Gasteiger partial charge in [0.25, 0.3) is 0 Å². The second-order valence-corrected chi connectivity index (χ2v) is 11.4. The minimum atomic E-state index is -1.02. The molecule has 0 saturated heterocycles. The zero-order chi connectivity index (χ0) is 30.8. The Morgan fingerprint density at radius 2 is 1.40 bits per heavy atom. The van der Waals surface area contributed by atoms with E-state index in [2.05, 4.69) is 5.32 Å². The lowest BCUT2D eigenvalue weighted by Crippen LogP contribution is -2.41. The molecule has 4 rings (SSSR count). The largest absolute Gasteiger partial charge is 0.492 e. The topological polar surface area (TPSA) is 95.9 Å². The van der Waals surface area contributed by atoms with Gasteiger partial charge in [-0.25, -0.2) is 4.79 Å². The molecule has 0 saturated carbocycles. The van der Waals surface area contributed by atoms with Crippen LogP contribution in [0.25, 0.3) is 0 Å². The predicted molar refractivity (Wildman–Crippen MR) is 168 cm³/mol. The SMILES string of the molecule is CC(C)(C)C(=O)N(CCOc1ccc(C[C@H](Nc2ccccc2C(=O)c2ccccc2)C(=O)O)cc1)Cc1ccccc1. The number of carboxylic acid groups (broad SMARTS) is 1. The van der Waals surface area contributed by atoms with Crippen molar-refractivity contribution in [2.24, 2.45) is 5.41 Å². The Hall–Kier alpha value is -4.91. The Morgan fingerprint density at radius 3 is 2.02 bits per heavy atom. The summed E-state index contributed by atoms with van der Waals surface area (Å²) >= 11 is 0. The fourth-order valence-corrected chi connectivity index (χ4v) is 4.70. The number of amides is 1. The fraction of sp³-hybridized carbons (Fsp3) is 0.250. The molecule has 4 aromatic rings. The van der Waals surface area contributed by atoms with E-state index < -0.39 is 17.4 Å². The Morgan fingerprint density at radius 1 is 0.791 bits per heavy atom. The zero-order valence-corrected chi connectivity index (χ0v) is 24.8. The molecule has 0 fully saturated rings. The summed E-state index contributed by atoms with van der Waals surface area (Å²) in [6, 6.07) is 32.0. The lowest BCUT2D eigenvalue weighted by atomic mass is 9.94. The van der Waals surface area contributed by atoms with E-state index in [9.17, 15) is 19.5 Å². The van der Waals surface area contributed by atoms with Gasteiger partial charge in [0.05, 0.1) is 6.54 Å². The summed E-state index contributed by atoms with van der Waals surface area (Å²) in [6.45, 7) is 6.98. The van der Waals surface area contributed by atoms with Crippen LogP contribution in [-0.2, 0) is 22.6 Å². The van der Waals surface area contributed by atoms with Gasteiger partial charge in [0.2, 0.25) is 5.91 Å². The Kier molecular flexibility index (Phi) is 10.3. The summed E-state index contributed by atoms with van der Waals surface area (Å²) in [4.78, 5) is 40.2. The van der Waals surface area contributed by atoms with E-state index in [1.807, 2.05) is 74.2 Å². The molecule has 4 aromatic carbocycles. The van der Waals surface area contributed by atoms with Crippen LogP contribution in [0.5, 0.6) is 5.75 Å². The van der Waals surface area contributed by atoms with Crippen molar-refractivity contribution in [2.45, 2.75) is 39.8 Å². The summed E-state index contributed by atoms with van der Waals surface area (Å²) in [5.74, 6) is -0.523. The molecule has 222 valence electrons. The van der Waals surface area contributed by atoms with Crippen molar-refractivity contribution < 1.29 is 24.2 Å². The van der Waals surface area contributed by atoms with Gasteiger partial charge in [-0.3, -0.25) is 9.59 Å². The highest BCUT2D eigenvalue weighted by atomic mass is 16.5. The number of benzene rings is 4. The van der Waals surface area contributed by atoms with Crippen LogP contribution in [0.3, 0.4) is 0 Å². The van der Waals surface area contributed by atoms with Crippen molar-refractivity contribution in [3.63, 3.8) is 0 Å². The molecule has 0 aliphatic rings. The van der Waals surface area contributed by atoms with E-state index in [4.69, 9.17) is 4.74 Å². The van der Waals surface area contributed by atoms with Crippen LogP contribution in [0.2, 0.25) is 0 Å². The normalized spacial score (nSPS) is 11.8. The van der Waals surface area contributed by atoms with Gasteiger partial charge in [-0.15, -0.1) is 0 Å². The van der Waals surface area contributed by atoms with Crippen LogP contribution in [-0.4, -0.2) is 46.9 Å². The van der Waals surface area contributed by atoms with Gasteiger partial charge in [-0.05, 0) is 35.4 Å². The number of ether oxygens (including phenoxy) is 1. The summed E-state index contributed by atoms with van der Waals surface area (Å²) in [6.07, 6.45) is 0.203. The molecule has 1 amide bonds. The molecule has 7 nitrogen and oxygen atoms in total. The average molecular weight is 579 g/mol. The van der Waals surface area contributed by atoms with Gasteiger partial charge in [0.15, 0.2) is 5.78 Å². The first-order valence-electron chi connectivity index (χ1n) is 14.3. The molecule has 43 heavy (non-hydrogen) atoms. The third-order valence-electron chi connectivity index (χ3n) is 6.97. The number of para-hydroxylation sites is 1. The number of carbonyl (C=O) groups is 3. The maximum atomic E-state index is 13.1. The number of hydrogen-bond donors (Lipinski definition) is 2. The maximum Gasteiger partial charge on any atom is 0.326 e. The Bertz CT molecular complexity index is 1510. The molecular weight excluding hydrogens is 540 g/mol. The quantitative estimate of drug-likeness (QED) is 0.176. The number of aliphatic carboxylic acids is 1. The molecule has 0 aliphatic heterocycles. The molecule has 0 bridgehead atoms. The second kappa shape index (κ2) is 14.3. The lowest BCUT2D eigenvalue weighted by molar-refractivity contribution is -0.140. The molecule has 0 spiro atoms. The highest BCUT2D eigenvalue weighted by Gasteiger charge is 2.27. The monoisotopic (exact) mass is 578 g/mol. The molecule has 0 aliphatic carbocycles. The summed E-state index contributed by atoms with van der Waals surface area (Å²) in [5.41, 5.74) is 2.75. The molecule has 0 unspecified atom stereocenters. The maximum absolute atomic E-state index is 13.1.